The fourth-order valence-corrected chi connectivity index (χ4v) is 3.60. The molecule has 30 heavy (non-hydrogen) atoms. The van der Waals surface area contributed by atoms with E-state index in [1.807, 2.05) is 0 Å². The summed E-state index contributed by atoms with van der Waals surface area (Å²) in [6, 6.07) is 9.22. The average Bonchev–Trinajstić information content (AvgIpc) is 2.73. The molecule has 2 amide bonds. The van der Waals surface area contributed by atoms with E-state index in [0.717, 1.165) is 0 Å². The molecule has 0 saturated carbocycles. The second-order valence-electron chi connectivity index (χ2n) is 7.63. The van der Waals surface area contributed by atoms with Gasteiger partial charge in [-0.25, -0.2) is 4.39 Å². The van der Waals surface area contributed by atoms with E-state index in [4.69, 9.17) is 0 Å². The molecule has 0 bridgehead atoms. The van der Waals surface area contributed by atoms with Crippen molar-refractivity contribution >= 4 is 17.5 Å². The van der Waals surface area contributed by atoms with Gasteiger partial charge in [0.25, 0.3) is 11.6 Å². The molecule has 3 rings (SSSR count). The van der Waals surface area contributed by atoms with Crippen molar-refractivity contribution in [3.05, 3.63) is 74.6 Å². The molecule has 158 valence electrons. The van der Waals surface area contributed by atoms with Crippen LogP contribution in [-0.2, 0) is 11.3 Å². The van der Waals surface area contributed by atoms with Gasteiger partial charge in [-0.2, -0.15) is 0 Å². The zero-order valence-electron chi connectivity index (χ0n) is 17.0. The number of hydrogen-bond acceptors (Lipinski definition) is 4. The van der Waals surface area contributed by atoms with Gasteiger partial charge in [0.1, 0.15) is 5.82 Å². The van der Waals surface area contributed by atoms with Crippen LogP contribution in [-0.4, -0.2) is 34.7 Å². The number of nitro benzene ring substituents is 1. The molecule has 0 unspecified atom stereocenters. The monoisotopic (exact) mass is 413 g/mol. The van der Waals surface area contributed by atoms with Crippen LogP contribution in [0.1, 0.15) is 39.9 Å². The SMILES string of the molecule is Cc1ccc(CNC(=O)C2CCN(C(=O)c3ccc([N+](=O)[O-])c(C)c3)CC2)cc1F. The molecule has 2 aromatic carbocycles. The molecule has 1 heterocycles. The Hall–Kier alpha value is -3.29. The number of carbonyl (C=O) groups is 2. The first-order chi connectivity index (χ1) is 14.3. The zero-order valence-corrected chi connectivity index (χ0v) is 17.0. The van der Waals surface area contributed by atoms with Gasteiger partial charge in [0, 0.05) is 42.7 Å². The van der Waals surface area contributed by atoms with Crippen LogP contribution in [0, 0.1) is 35.7 Å². The summed E-state index contributed by atoms with van der Waals surface area (Å²) in [4.78, 5) is 37.3. The van der Waals surface area contributed by atoms with E-state index in [2.05, 4.69) is 5.32 Å². The maximum absolute atomic E-state index is 13.6. The van der Waals surface area contributed by atoms with Gasteiger partial charge in [-0.1, -0.05) is 12.1 Å². The van der Waals surface area contributed by atoms with E-state index in [1.165, 1.54) is 24.3 Å². The van der Waals surface area contributed by atoms with Crippen molar-refractivity contribution in [3.8, 4) is 0 Å². The topological polar surface area (TPSA) is 92.6 Å². The maximum Gasteiger partial charge on any atom is 0.272 e. The number of piperidine rings is 1. The number of amides is 2. The molecule has 0 atom stereocenters. The Morgan fingerprint density at radius 1 is 1.13 bits per heavy atom. The molecular formula is C22H24FN3O4. The molecule has 0 radical (unpaired) electrons. The van der Waals surface area contributed by atoms with Crippen LogP contribution in [0.2, 0.25) is 0 Å². The minimum absolute atomic E-state index is 0.0182. The molecule has 8 heteroatoms. The Bertz CT molecular complexity index is 984. The van der Waals surface area contributed by atoms with Crippen LogP contribution in [0.4, 0.5) is 10.1 Å². The molecule has 0 spiro atoms. The van der Waals surface area contributed by atoms with Gasteiger partial charge in [0.2, 0.25) is 5.91 Å². The van der Waals surface area contributed by atoms with E-state index in [0.29, 0.717) is 48.2 Å². The highest BCUT2D eigenvalue weighted by molar-refractivity contribution is 5.95. The number of halogens is 1. The second kappa shape index (κ2) is 9.02. The Kier molecular flexibility index (Phi) is 6.44. The Labute approximate surface area is 174 Å². The minimum Gasteiger partial charge on any atom is -0.352 e. The Balaban J connectivity index is 1.53. The molecule has 0 aromatic heterocycles. The fraction of sp³-hybridized carbons (Fsp3) is 0.364. The van der Waals surface area contributed by atoms with Crippen LogP contribution in [0.3, 0.4) is 0 Å². The molecule has 7 nitrogen and oxygen atoms in total. The van der Waals surface area contributed by atoms with Gasteiger partial charge < -0.3 is 10.2 Å². The quantitative estimate of drug-likeness (QED) is 0.600. The standard InChI is InChI=1S/C22H24FN3O4/c1-14-3-4-16(12-19(14)23)13-24-21(27)17-7-9-25(10-8-17)22(28)18-5-6-20(26(29)30)15(2)11-18/h3-6,11-12,17H,7-10,13H2,1-2H3,(H,24,27). The fourth-order valence-electron chi connectivity index (χ4n) is 3.60. The summed E-state index contributed by atoms with van der Waals surface area (Å²) in [6.45, 7) is 4.42. The summed E-state index contributed by atoms with van der Waals surface area (Å²) < 4.78 is 13.6. The lowest BCUT2D eigenvalue weighted by Gasteiger charge is -2.31. The van der Waals surface area contributed by atoms with Crippen molar-refractivity contribution < 1.29 is 18.9 Å². The number of aryl methyl sites for hydroxylation is 2. The van der Waals surface area contributed by atoms with Crippen LogP contribution in [0.15, 0.2) is 36.4 Å². The van der Waals surface area contributed by atoms with Gasteiger partial charge in [0.05, 0.1) is 4.92 Å². The molecule has 1 fully saturated rings. The number of hydrogen-bond donors (Lipinski definition) is 1. The van der Waals surface area contributed by atoms with Crippen molar-refractivity contribution in [2.24, 2.45) is 5.92 Å². The lowest BCUT2D eigenvalue weighted by Crippen LogP contribution is -2.43. The van der Waals surface area contributed by atoms with Crippen molar-refractivity contribution in [1.29, 1.82) is 0 Å². The number of nitro groups is 1. The summed E-state index contributed by atoms with van der Waals surface area (Å²) in [5, 5.41) is 13.8. The smallest absolute Gasteiger partial charge is 0.272 e. The normalized spacial score (nSPS) is 14.4. The summed E-state index contributed by atoms with van der Waals surface area (Å²) in [5.41, 5.74) is 2.09. The number of likely N-dealkylation sites (tertiary alicyclic amines) is 1. The zero-order chi connectivity index (χ0) is 21.8. The first kappa shape index (κ1) is 21.4. The third kappa shape index (κ3) is 4.82. The number of benzene rings is 2. The molecule has 1 aliphatic rings. The summed E-state index contributed by atoms with van der Waals surface area (Å²) in [6.07, 6.45) is 1.07. The first-order valence-corrected chi connectivity index (χ1v) is 9.83. The van der Waals surface area contributed by atoms with Crippen LogP contribution >= 0.6 is 0 Å². The van der Waals surface area contributed by atoms with Crippen LogP contribution in [0.25, 0.3) is 0 Å². The van der Waals surface area contributed by atoms with Gasteiger partial charge in [0.15, 0.2) is 0 Å². The lowest BCUT2D eigenvalue weighted by molar-refractivity contribution is -0.385. The van der Waals surface area contributed by atoms with Crippen molar-refractivity contribution in [3.63, 3.8) is 0 Å². The molecule has 0 aliphatic carbocycles. The number of nitrogens with one attached hydrogen (secondary N) is 1. The summed E-state index contributed by atoms with van der Waals surface area (Å²) in [7, 11) is 0. The number of rotatable bonds is 5. The van der Waals surface area contributed by atoms with Crippen LogP contribution in [0.5, 0.6) is 0 Å². The van der Waals surface area contributed by atoms with E-state index in [1.54, 1.807) is 30.9 Å². The van der Waals surface area contributed by atoms with Crippen molar-refractivity contribution in [2.45, 2.75) is 33.2 Å². The number of nitrogens with zero attached hydrogens (tertiary/aromatic N) is 2. The highest BCUT2D eigenvalue weighted by atomic mass is 19.1. The van der Waals surface area contributed by atoms with E-state index in [9.17, 15) is 24.1 Å². The molecule has 1 N–H and O–H groups in total. The van der Waals surface area contributed by atoms with E-state index < -0.39 is 4.92 Å². The molecule has 1 saturated heterocycles. The van der Waals surface area contributed by atoms with Gasteiger partial charge in [-0.3, -0.25) is 19.7 Å². The lowest BCUT2D eigenvalue weighted by atomic mass is 9.95. The number of carbonyl (C=O) groups excluding carboxylic acids is 2. The Morgan fingerprint density at radius 3 is 2.43 bits per heavy atom. The molecule has 2 aromatic rings. The van der Waals surface area contributed by atoms with E-state index >= 15 is 0 Å². The third-order valence-electron chi connectivity index (χ3n) is 5.50. The van der Waals surface area contributed by atoms with Crippen molar-refractivity contribution in [2.75, 3.05) is 13.1 Å². The minimum atomic E-state index is -0.474. The molecular weight excluding hydrogens is 389 g/mol. The predicted octanol–water partition coefficient (Wildman–Crippen LogP) is 3.52. The van der Waals surface area contributed by atoms with Crippen molar-refractivity contribution in [1.82, 2.24) is 10.2 Å². The highest BCUT2D eigenvalue weighted by Gasteiger charge is 2.28. The third-order valence-corrected chi connectivity index (χ3v) is 5.50. The van der Waals surface area contributed by atoms with Crippen LogP contribution < -0.4 is 5.32 Å². The highest BCUT2D eigenvalue weighted by Crippen LogP contribution is 2.23. The summed E-state index contributed by atoms with van der Waals surface area (Å²) >= 11 is 0. The second-order valence-corrected chi connectivity index (χ2v) is 7.63. The molecule has 1 aliphatic heterocycles. The predicted molar refractivity (Wildman–Crippen MR) is 109 cm³/mol. The van der Waals surface area contributed by atoms with Gasteiger partial charge in [-0.05, 0) is 56.0 Å². The summed E-state index contributed by atoms with van der Waals surface area (Å²) in [5.74, 6) is -0.797. The van der Waals surface area contributed by atoms with E-state index in [-0.39, 0.29) is 35.8 Å². The Morgan fingerprint density at radius 2 is 1.83 bits per heavy atom. The largest absolute Gasteiger partial charge is 0.352 e. The van der Waals surface area contributed by atoms with Gasteiger partial charge >= 0.3 is 0 Å². The first-order valence-electron chi connectivity index (χ1n) is 9.83. The average molecular weight is 413 g/mol. The van der Waals surface area contributed by atoms with Gasteiger partial charge in [-0.15, -0.1) is 0 Å². The maximum atomic E-state index is 13.6.